The second kappa shape index (κ2) is 8.37. The van der Waals surface area contributed by atoms with Gasteiger partial charge in [-0.25, -0.2) is 0 Å². The van der Waals surface area contributed by atoms with Gasteiger partial charge in [-0.1, -0.05) is 48.0 Å². The Labute approximate surface area is 194 Å². The van der Waals surface area contributed by atoms with Crippen LogP contribution >= 0.6 is 15.9 Å². The summed E-state index contributed by atoms with van der Waals surface area (Å²) in [5.74, 6) is 1.62. The van der Waals surface area contributed by atoms with Gasteiger partial charge in [-0.15, -0.1) is 0 Å². The number of nitrogens with zero attached hydrogens (tertiary/aromatic N) is 1. The molecule has 3 atom stereocenters. The summed E-state index contributed by atoms with van der Waals surface area (Å²) in [7, 11) is 0. The molecule has 0 aromatic heterocycles. The molecule has 164 valence electrons. The Morgan fingerprint density at radius 2 is 1.97 bits per heavy atom. The number of carbonyl (C=O) groups excluding carboxylic acids is 1. The summed E-state index contributed by atoms with van der Waals surface area (Å²) >= 11 is 3.47. The molecule has 4 heteroatoms. The SMILES string of the molecule is CC1[C@H]2Cc3ccc(C(=O)NCCc4ccc(Br)cc4)cc3[C@]1(C)CCN2CC1CC1. The van der Waals surface area contributed by atoms with E-state index in [0.29, 0.717) is 18.5 Å². The number of amides is 1. The number of hydrogen-bond acceptors (Lipinski definition) is 2. The molecule has 5 rings (SSSR count). The molecular weight excluding hydrogens is 448 g/mol. The fourth-order valence-electron chi connectivity index (χ4n) is 5.78. The van der Waals surface area contributed by atoms with E-state index < -0.39 is 0 Å². The smallest absolute Gasteiger partial charge is 0.251 e. The number of halogens is 1. The van der Waals surface area contributed by atoms with E-state index in [1.807, 2.05) is 18.2 Å². The highest BCUT2D eigenvalue weighted by Gasteiger charge is 2.49. The molecule has 2 fully saturated rings. The summed E-state index contributed by atoms with van der Waals surface area (Å²) in [5.41, 5.74) is 5.09. The first-order valence-electron chi connectivity index (χ1n) is 11.8. The molecule has 1 saturated carbocycles. The van der Waals surface area contributed by atoms with Crippen LogP contribution in [-0.4, -0.2) is 36.5 Å². The van der Waals surface area contributed by atoms with Crippen molar-refractivity contribution in [1.29, 1.82) is 0 Å². The van der Waals surface area contributed by atoms with E-state index in [2.05, 4.69) is 64.3 Å². The molecule has 3 aliphatic rings. The number of piperidine rings is 1. The Morgan fingerprint density at radius 3 is 2.71 bits per heavy atom. The molecule has 1 heterocycles. The van der Waals surface area contributed by atoms with Gasteiger partial charge in [0.1, 0.15) is 0 Å². The molecule has 0 spiro atoms. The average Bonchev–Trinajstić information content (AvgIpc) is 3.58. The lowest BCUT2D eigenvalue weighted by molar-refractivity contribution is 0.0284. The third-order valence-electron chi connectivity index (χ3n) is 8.19. The van der Waals surface area contributed by atoms with Crippen molar-refractivity contribution < 1.29 is 4.79 Å². The van der Waals surface area contributed by atoms with E-state index in [9.17, 15) is 4.79 Å². The second-order valence-electron chi connectivity index (χ2n) is 10.2. The molecule has 1 N–H and O–H groups in total. The Hall–Kier alpha value is -1.65. The lowest BCUT2D eigenvalue weighted by Crippen LogP contribution is -2.58. The second-order valence-corrected chi connectivity index (χ2v) is 11.1. The molecule has 2 aromatic carbocycles. The maximum atomic E-state index is 12.9. The molecule has 1 saturated heterocycles. The minimum absolute atomic E-state index is 0.0458. The van der Waals surface area contributed by atoms with Crippen molar-refractivity contribution >= 4 is 21.8 Å². The van der Waals surface area contributed by atoms with Gasteiger partial charge in [-0.05, 0) is 96.9 Å². The summed E-state index contributed by atoms with van der Waals surface area (Å²) in [6.07, 6.45) is 6.01. The predicted molar refractivity (Wildman–Crippen MR) is 130 cm³/mol. The zero-order chi connectivity index (χ0) is 21.6. The molecule has 0 radical (unpaired) electrons. The van der Waals surface area contributed by atoms with Crippen LogP contribution in [0.3, 0.4) is 0 Å². The van der Waals surface area contributed by atoms with Crippen molar-refractivity contribution in [2.45, 2.75) is 57.4 Å². The van der Waals surface area contributed by atoms with Gasteiger partial charge >= 0.3 is 0 Å². The van der Waals surface area contributed by atoms with Gasteiger partial charge in [0, 0.05) is 29.2 Å². The van der Waals surface area contributed by atoms with E-state index in [4.69, 9.17) is 0 Å². The van der Waals surface area contributed by atoms with Gasteiger partial charge in [0.15, 0.2) is 0 Å². The van der Waals surface area contributed by atoms with Crippen LogP contribution in [-0.2, 0) is 18.3 Å². The summed E-state index contributed by atoms with van der Waals surface area (Å²) in [6.45, 7) is 8.03. The highest BCUT2D eigenvalue weighted by molar-refractivity contribution is 9.10. The molecule has 2 aliphatic carbocycles. The molecule has 1 aliphatic heterocycles. The van der Waals surface area contributed by atoms with Crippen molar-refractivity contribution in [2.75, 3.05) is 19.6 Å². The topological polar surface area (TPSA) is 32.3 Å². The Balaban J connectivity index is 1.28. The van der Waals surface area contributed by atoms with Crippen LogP contribution in [0.2, 0.25) is 0 Å². The zero-order valence-electron chi connectivity index (χ0n) is 18.7. The van der Waals surface area contributed by atoms with Crippen LogP contribution < -0.4 is 5.32 Å². The maximum Gasteiger partial charge on any atom is 0.251 e. The van der Waals surface area contributed by atoms with E-state index in [0.717, 1.165) is 28.8 Å². The Bertz CT molecular complexity index is 968. The Morgan fingerprint density at radius 1 is 1.19 bits per heavy atom. The van der Waals surface area contributed by atoms with Crippen LogP contribution in [0.25, 0.3) is 0 Å². The lowest BCUT2D eigenvalue weighted by atomic mass is 9.59. The lowest BCUT2D eigenvalue weighted by Gasteiger charge is -2.55. The highest BCUT2D eigenvalue weighted by atomic mass is 79.9. The van der Waals surface area contributed by atoms with Crippen LogP contribution in [0.15, 0.2) is 46.9 Å². The first kappa shape index (κ1) is 21.2. The van der Waals surface area contributed by atoms with Gasteiger partial charge in [0.05, 0.1) is 0 Å². The van der Waals surface area contributed by atoms with E-state index in [1.165, 1.54) is 49.0 Å². The quantitative estimate of drug-likeness (QED) is 0.603. The summed E-state index contributed by atoms with van der Waals surface area (Å²) in [5, 5.41) is 3.12. The van der Waals surface area contributed by atoms with Crippen molar-refractivity contribution in [3.63, 3.8) is 0 Å². The van der Waals surface area contributed by atoms with Crippen LogP contribution in [0.5, 0.6) is 0 Å². The molecule has 3 nitrogen and oxygen atoms in total. The van der Waals surface area contributed by atoms with Crippen molar-refractivity contribution in [1.82, 2.24) is 10.2 Å². The largest absolute Gasteiger partial charge is 0.352 e. The fourth-order valence-corrected chi connectivity index (χ4v) is 6.05. The predicted octanol–water partition coefficient (Wildman–Crippen LogP) is 5.36. The van der Waals surface area contributed by atoms with E-state index in [-0.39, 0.29) is 11.3 Å². The van der Waals surface area contributed by atoms with Gasteiger partial charge in [-0.3, -0.25) is 9.69 Å². The first-order valence-corrected chi connectivity index (χ1v) is 12.6. The minimum atomic E-state index is 0.0458. The summed E-state index contributed by atoms with van der Waals surface area (Å²) < 4.78 is 1.08. The number of carbonyl (C=O) groups is 1. The zero-order valence-corrected chi connectivity index (χ0v) is 20.2. The molecular formula is C27H33BrN2O. The number of benzene rings is 2. The monoisotopic (exact) mass is 480 g/mol. The standard InChI is InChI=1S/C27H33BrN2O/c1-18-25-16-21-7-8-22(26(31)29-13-11-19-5-9-23(28)10-6-19)15-24(21)27(18,2)12-14-30(25)17-20-3-4-20/h5-10,15,18,20,25H,3-4,11-14,16-17H2,1-2H3,(H,29,31)/t18?,25-,27-/m1/s1. The molecule has 1 amide bonds. The van der Waals surface area contributed by atoms with Crippen LogP contribution in [0, 0.1) is 11.8 Å². The van der Waals surface area contributed by atoms with Gasteiger partial charge in [-0.2, -0.15) is 0 Å². The van der Waals surface area contributed by atoms with E-state index >= 15 is 0 Å². The van der Waals surface area contributed by atoms with Gasteiger partial charge in [0.2, 0.25) is 0 Å². The van der Waals surface area contributed by atoms with E-state index in [1.54, 1.807) is 0 Å². The maximum absolute atomic E-state index is 12.9. The fraction of sp³-hybridized carbons (Fsp3) is 0.519. The molecule has 2 bridgehead atoms. The molecule has 2 aromatic rings. The Kier molecular flexibility index (Phi) is 5.72. The first-order chi connectivity index (χ1) is 14.9. The number of rotatable bonds is 6. The number of fused-ring (bicyclic) bond motifs is 4. The van der Waals surface area contributed by atoms with Crippen molar-refractivity contribution in [2.24, 2.45) is 11.8 Å². The summed E-state index contributed by atoms with van der Waals surface area (Å²) in [4.78, 5) is 15.7. The van der Waals surface area contributed by atoms with Crippen LogP contribution in [0.1, 0.15) is 60.2 Å². The normalized spacial score (nSPS) is 27.6. The van der Waals surface area contributed by atoms with Gasteiger partial charge < -0.3 is 5.32 Å². The third-order valence-corrected chi connectivity index (χ3v) is 8.72. The molecule has 1 unspecified atom stereocenters. The summed E-state index contributed by atoms with van der Waals surface area (Å²) in [6, 6.07) is 15.4. The van der Waals surface area contributed by atoms with Crippen molar-refractivity contribution in [3.8, 4) is 0 Å². The minimum Gasteiger partial charge on any atom is -0.352 e. The van der Waals surface area contributed by atoms with Crippen LogP contribution in [0.4, 0.5) is 0 Å². The highest BCUT2D eigenvalue weighted by Crippen LogP contribution is 2.49. The molecule has 31 heavy (non-hydrogen) atoms. The number of hydrogen-bond donors (Lipinski definition) is 1. The third kappa shape index (κ3) is 4.21. The number of likely N-dealkylation sites (tertiary alicyclic amines) is 1. The average molecular weight is 481 g/mol. The number of nitrogens with one attached hydrogen (secondary N) is 1. The van der Waals surface area contributed by atoms with Gasteiger partial charge in [0.25, 0.3) is 5.91 Å². The van der Waals surface area contributed by atoms with Crippen molar-refractivity contribution in [3.05, 3.63) is 69.2 Å².